The molecular weight excluding hydrogens is 268 g/mol. The van der Waals surface area contributed by atoms with Crippen LogP contribution >= 0.6 is 0 Å². The van der Waals surface area contributed by atoms with E-state index in [1.54, 1.807) is 45.6 Å². The second-order valence-corrected chi connectivity index (χ2v) is 4.24. The van der Waals surface area contributed by atoms with Crippen LogP contribution < -0.4 is 14.2 Å². The first kappa shape index (κ1) is 14.6. The molecule has 2 rings (SSSR count). The number of phenols is 1. The number of hydrogen-bond acceptors (Lipinski definition) is 4. The zero-order chi connectivity index (χ0) is 15.2. The van der Waals surface area contributed by atoms with Gasteiger partial charge in [-0.05, 0) is 30.3 Å². The Bertz CT molecular complexity index is 696. The second-order valence-electron chi connectivity index (χ2n) is 4.24. The third-order valence-corrected chi connectivity index (χ3v) is 2.86. The number of rotatable bonds is 3. The van der Waals surface area contributed by atoms with Crippen molar-refractivity contribution < 1.29 is 19.3 Å². The van der Waals surface area contributed by atoms with Crippen LogP contribution in [-0.2, 0) is 0 Å². The van der Waals surface area contributed by atoms with E-state index in [9.17, 15) is 5.11 Å². The number of hydrogen-bond donors (Lipinski definition) is 1. The summed E-state index contributed by atoms with van der Waals surface area (Å²) in [6.07, 6.45) is 0. The minimum absolute atomic E-state index is 0.117. The fourth-order valence-corrected chi connectivity index (χ4v) is 1.83. The van der Waals surface area contributed by atoms with Crippen LogP contribution in [0, 0.1) is 11.8 Å². The summed E-state index contributed by atoms with van der Waals surface area (Å²) >= 11 is 0. The normalized spacial score (nSPS) is 9.48. The second kappa shape index (κ2) is 6.58. The Labute approximate surface area is 123 Å². The summed E-state index contributed by atoms with van der Waals surface area (Å²) in [7, 11) is 4.71. The molecule has 0 amide bonds. The molecule has 2 aromatic rings. The highest BCUT2D eigenvalue weighted by Gasteiger charge is 2.03. The number of aromatic hydroxyl groups is 1. The predicted octanol–water partition coefficient (Wildman–Crippen LogP) is 2.82. The fourth-order valence-electron chi connectivity index (χ4n) is 1.83. The molecule has 0 aliphatic rings. The van der Waals surface area contributed by atoms with Gasteiger partial charge in [-0.1, -0.05) is 11.8 Å². The van der Waals surface area contributed by atoms with Gasteiger partial charge < -0.3 is 19.3 Å². The number of benzene rings is 2. The highest BCUT2D eigenvalue weighted by Crippen LogP contribution is 2.27. The van der Waals surface area contributed by atoms with Gasteiger partial charge in [-0.15, -0.1) is 0 Å². The average Bonchev–Trinajstić information content (AvgIpc) is 2.52. The topological polar surface area (TPSA) is 47.9 Å². The van der Waals surface area contributed by atoms with Crippen LogP contribution in [0.1, 0.15) is 11.1 Å². The Hall–Kier alpha value is -2.80. The van der Waals surface area contributed by atoms with Crippen LogP contribution in [-0.4, -0.2) is 26.4 Å². The van der Waals surface area contributed by atoms with E-state index in [-0.39, 0.29) is 5.75 Å². The number of phenolic OH excluding ortho intramolecular Hbond substituents is 1. The number of methoxy groups -OCH3 is 3. The molecule has 0 unspecified atom stereocenters. The molecule has 0 atom stereocenters. The smallest absolute Gasteiger partial charge is 0.161 e. The predicted molar refractivity (Wildman–Crippen MR) is 80.2 cm³/mol. The van der Waals surface area contributed by atoms with Gasteiger partial charge in [0.1, 0.15) is 11.5 Å². The highest BCUT2D eigenvalue weighted by molar-refractivity contribution is 5.52. The van der Waals surface area contributed by atoms with Crippen LogP contribution in [0.5, 0.6) is 23.0 Å². The van der Waals surface area contributed by atoms with Crippen LogP contribution in [0.3, 0.4) is 0 Å². The molecule has 2 aromatic carbocycles. The fraction of sp³-hybridized carbons (Fsp3) is 0.176. The lowest BCUT2D eigenvalue weighted by molar-refractivity contribution is 0.355. The standard InChI is InChI=1S/C17H16O4/c1-19-15-9-13(8-14(18)11-15)5-4-12-6-7-16(20-2)17(10-12)21-3/h6-11,18H,1-3H3. The Kier molecular flexibility index (Phi) is 4.57. The minimum atomic E-state index is 0.117. The molecule has 108 valence electrons. The third-order valence-electron chi connectivity index (χ3n) is 2.86. The van der Waals surface area contributed by atoms with Crippen molar-refractivity contribution in [2.45, 2.75) is 0 Å². The van der Waals surface area contributed by atoms with Crippen molar-refractivity contribution in [3.8, 4) is 34.8 Å². The molecule has 0 aromatic heterocycles. The summed E-state index contributed by atoms with van der Waals surface area (Å²) in [5, 5.41) is 9.59. The van der Waals surface area contributed by atoms with E-state index >= 15 is 0 Å². The summed E-state index contributed by atoms with van der Waals surface area (Å²) in [5.41, 5.74) is 1.46. The van der Waals surface area contributed by atoms with E-state index < -0.39 is 0 Å². The van der Waals surface area contributed by atoms with E-state index in [1.807, 2.05) is 6.07 Å². The van der Waals surface area contributed by atoms with E-state index in [0.29, 0.717) is 22.8 Å². The summed E-state index contributed by atoms with van der Waals surface area (Å²) in [6, 6.07) is 10.3. The largest absolute Gasteiger partial charge is 0.508 e. The first-order valence-electron chi connectivity index (χ1n) is 6.28. The van der Waals surface area contributed by atoms with Gasteiger partial charge in [-0.25, -0.2) is 0 Å². The SMILES string of the molecule is COc1cc(O)cc(C#Cc2ccc(OC)c(OC)c2)c1. The van der Waals surface area contributed by atoms with E-state index in [2.05, 4.69) is 11.8 Å². The maximum Gasteiger partial charge on any atom is 0.161 e. The summed E-state index contributed by atoms with van der Waals surface area (Å²) in [4.78, 5) is 0. The van der Waals surface area contributed by atoms with E-state index in [0.717, 1.165) is 5.56 Å². The molecule has 0 saturated heterocycles. The maximum atomic E-state index is 9.59. The zero-order valence-electron chi connectivity index (χ0n) is 12.1. The lowest BCUT2D eigenvalue weighted by atomic mass is 10.1. The summed E-state index contributed by atoms with van der Waals surface area (Å²) < 4.78 is 15.5. The van der Waals surface area contributed by atoms with Crippen LogP contribution in [0.2, 0.25) is 0 Å². The van der Waals surface area contributed by atoms with Crippen LogP contribution in [0.4, 0.5) is 0 Å². The van der Waals surface area contributed by atoms with Gasteiger partial charge in [0.15, 0.2) is 11.5 Å². The van der Waals surface area contributed by atoms with Gasteiger partial charge in [0.2, 0.25) is 0 Å². The first-order valence-corrected chi connectivity index (χ1v) is 6.28. The Balaban J connectivity index is 2.32. The zero-order valence-corrected chi connectivity index (χ0v) is 12.1. The molecule has 4 heteroatoms. The lowest BCUT2D eigenvalue weighted by Gasteiger charge is -2.06. The molecule has 0 aliphatic carbocycles. The summed E-state index contributed by atoms with van der Waals surface area (Å²) in [6.45, 7) is 0. The molecule has 0 spiro atoms. The van der Waals surface area contributed by atoms with Crippen molar-refractivity contribution >= 4 is 0 Å². The van der Waals surface area contributed by atoms with Gasteiger partial charge in [0, 0.05) is 17.2 Å². The molecule has 0 radical (unpaired) electrons. The van der Waals surface area contributed by atoms with Crippen molar-refractivity contribution in [2.24, 2.45) is 0 Å². The lowest BCUT2D eigenvalue weighted by Crippen LogP contribution is -1.90. The Morgan fingerprint density at radius 1 is 0.762 bits per heavy atom. The third kappa shape index (κ3) is 3.61. The average molecular weight is 284 g/mol. The maximum absolute atomic E-state index is 9.59. The molecular formula is C17H16O4. The molecule has 0 aliphatic heterocycles. The monoisotopic (exact) mass is 284 g/mol. The highest BCUT2D eigenvalue weighted by atomic mass is 16.5. The van der Waals surface area contributed by atoms with Crippen LogP contribution in [0.15, 0.2) is 36.4 Å². The van der Waals surface area contributed by atoms with Gasteiger partial charge >= 0.3 is 0 Å². The Morgan fingerprint density at radius 3 is 2.14 bits per heavy atom. The van der Waals surface area contributed by atoms with Crippen molar-refractivity contribution in [1.82, 2.24) is 0 Å². The summed E-state index contributed by atoms with van der Waals surface area (Å²) in [5.74, 6) is 7.95. The molecule has 0 bridgehead atoms. The molecule has 0 heterocycles. The first-order chi connectivity index (χ1) is 10.2. The van der Waals surface area contributed by atoms with Gasteiger partial charge in [0.25, 0.3) is 0 Å². The van der Waals surface area contributed by atoms with Crippen molar-refractivity contribution in [3.05, 3.63) is 47.5 Å². The van der Waals surface area contributed by atoms with E-state index in [4.69, 9.17) is 14.2 Å². The van der Waals surface area contributed by atoms with Gasteiger partial charge in [0.05, 0.1) is 21.3 Å². The minimum Gasteiger partial charge on any atom is -0.508 e. The van der Waals surface area contributed by atoms with E-state index in [1.165, 1.54) is 6.07 Å². The van der Waals surface area contributed by atoms with Gasteiger partial charge in [-0.3, -0.25) is 0 Å². The molecule has 4 nitrogen and oxygen atoms in total. The van der Waals surface area contributed by atoms with Crippen molar-refractivity contribution in [1.29, 1.82) is 0 Å². The Morgan fingerprint density at radius 2 is 1.48 bits per heavy atom. The quantitative estimate of drug-likeness (QED) is 0.880. The van der Waals surface area contributed by atoms with Crippen LogP contribution in [0.25, 0.3) is 0 Å². The van der Waals surface area contributed by atoms with Crippen molar-refractivity contribution in [2.75, 3.05) is 21.3 Å². The molecule has 0 fully saturated rings. The molecule has 0 saturated carbocycles. The van der Waals surface area contributed by atoms with Gasteiger partial charge in [-0.2, -0.15) is 0 Å². The molecule has 1 N–H and O–H groups in total. The number of ether oxygens (including phenoxy) is 3. The molecule has 21 heavy (non-hydrogen) atoms. The van der Waals surface area contributed by atoms with Crippen molar-refractivity contribution in [3.63, 3.8) is 0 Å².